The van der Waals surface area contributed by atoms with E-state index in [0.717, 1.165) is 33.4 Å². The van der Waals surface area contributed by atoms with Crippen LogP contribution in [0.3, 0.4) is 0 Å². The van der Waals surface area contributed by atoms with Gasteiger partial charge in [-0.05, 0) is 83.6 Å². The molecule has 5 aromatic rings. The summed E-state index contributed by atoms with van der Waals surface area (Å²) >= 11 is 7.07. The van der Waals surface area contributed by atoms with Crippen molar-refractivity contribution in [2.24, 2.45) is 0 Å². The fourth-order valence-electron chi connectivity index (χ4n) is 7.74. The molecule has 63 heavy (non-hydrogen) atoms. The van der Waals surface area contributed by atoms with Gasteiger partial charge in [-0.2, -0.15) is 0 Å². The third-order valence-electron chi connectivity index (χ3n) is 12.3. The number of halogens is 1. The molecule has 0 amide bonds. The summed E-state index contributed by atoms with van der Waals surface area (Å²) in [6.07, 6.45) is -2.48. The van der Waals surface area contributed by atoms with E-state index >= 15 is 0 Å². The lowest BCUT2D eigenvalue weighted by molar-refractivity contribution is -0.384. The molecule has 0 spiro atoms. The van der Waals surface area contributed by atoms with Crippen LogP contribution in [0.1, 0.15) is 61.1 Å². The van der Waals surface area contributed by atoms with Gasteiger partial charge in [-0.1, -0.05) is 136 Å². The van der Waals surface area contributed by atoms with E-state index in [1.165, 1.54) is 0 Å². The summed E-state index contributed by atoms with van der Waals surface area (Å²) in [5.41, 5.74) is 5.64. The number of benzene rings is 5. The zero-order chi connectivity index (χ0) is 44.5. The van der Waals surface area contributed by atoms with Crippen LogP contribution in [0.4, 0.5) is 0 Å². The van der Waals surface area contributed by atoms with Crippen LogP contribution in [0.15, 0.2) is 127 Å². The predicted octanol–water partition coefficient (Wildman–Crippen LogP) is 11.1. The average molecular weight is 896 g/mol. The van der Waals surface area contributed by atoms with Gasteiger partial charge in [0.15, 0.2) is 25.9 Å². The Hall–Kier alpha value is -4.07. The molecule has 0 bridgehead atoms. The second kappa shape index (κ2) is 21.3. The third-order valence-corrected chi connectivity index (χ3v) is 17.2. The van der Waals surface area contributed by atoms with E-state index < -0.39 is 38.5 Å². The molecule has 0 aromatic heterocycles. The first kappa shape index (κ1) is 46.9. The minimum Gasteiger partial charge on any atom is -0.486 e. The Morgan fingerprint density at radius 1 is 0.698 bits per heavy atom. The molecule has 0 saturated carbocycles. The number of hydrogen-bond acceptors (Lipinski definition) is 9. The van der Waals surface area contributed by atoms with Crippen LogP contribution >= 0.6 is 11.6 Å². The van der Waals surface area contributed by atoms with Crippen molar-refractivity contribution in [3.8, 4) is 11.5 Å². The second-order valence-electron chi connectivity index (χ2n) is 17.8. The highest BCUT2D eigenvalue weighted by Crippen LogP contribution is 2.46. The van der Waals surface area contributed by atoms with Gasteiger partial charge in [-0.15, -0.1) is 0 Å². The first-order valence-electron chi connectivity index (χ1n) is 22.0. The number of hydrogen-bond donors (Lipinski definition) is 0. The molecule has 5 aromatic carbocycles. The molecule has 336 valence electrons. The molecule has 1 unspecified atom stereocenters. The minimum absolute atomic E-state index is 0.0475. The van der Waals surface area contributed by atoms with Gasteiger partial charge in [0.25, 0.3) is 0 Å². The van der Waals surface area contributed by atoms with Crippen molar-refractivity contribution in [1.82, 2.24) is 0 Å². The lowest BCUT2D eigenvalue weighted by Gasteiger charge is -2.52. The van der Waals surface area contributed by atoms with Crippen molar-refractivity contribution < 1.29 is 42.3 Å². The largest absolute Gasteiger partial charge is 0.486 e. The molecule has 2 aliphatic heterocycles. The van der Waals surface area contributed by atoms with Gasteiger partial charge < -0.3 is 42.3 Å². The standard InChI is InChI=1S/C52H63ClO9Si/c1-8-55-34-43-35-56-45-27-24-40(29-46(45)61-43)28-41-30-42(25-26-44(41)53)52(54-5)50(59-33-39-22-16-11-17-23-39)49(58-32-38-20-14-10-15-21-38)48(57-31-37-18-12-9-13-19-37)47(62-52)36-60-63(6,7)51(2,3)4/h9-27,29-30,43,47-50H,8,28,31-36H2,1-7H3/t43?,47-,48-,49+,50-,52+/m1/s1. The van der Waals surface area contributed by atoms with Crippen LogP contribution in [-0.4, -0.2) is 72.4 Å². The first-order chi connectivity index (χ1) is 30.4. The van der Waals surface area contributed by atoms with E-state index in [0.29, 0.717) is 56.0 Å². The van der Waals surface area contributed by atoms with Gasteiger partial charge in [-0.3, -0.25) is 0 Å². The molecule has 1 saturated heterocycles. The van der Waals surface area contributed by atoms with Gasteiger partial charge >= 0.3 is 0 Å². The Labute approximate surface area is 380 Å². The maximum atomic E-state index is 7.42. The summed E-state index contributed by atoms with van der Waals surface area (Å²) in [6.45, 7) is 15.8. The average Bonchev–Trinajstić information content (AvgIpc) is 3.29. The predicted molar refractivity (Wildman–Crippen MR) is 249 cm³/mol. The summed E-state index contributed by atoms with van der Waals surface area (Å²) in [5.74, 6) is -0.114. The number of fused-ring (bicyclic) bond motifs is 1. The van der Waals surface area contributed by atoms with Crippen molar-refractivity contribution in [3.63, 3.8) is 0 Å². The molecule has 11 heteroatoms. The molecule has 9 nitrogen and oxygen atoms in total. The van der Waals surface area contributed by atoms with Gasteiger partial charge in [0, 0.05) is 24.3 Å². The van der Waals surface area contributed by atoms with Gasteiger partial charge in [0.05, 0.1) is 33.0 Å². The second-order valence-corrected chi connectivity index (χ2v) is 23.0. The number of ether oxygens (including phenoxy) is 8. The van der Waals surface area contributed by atoms with Gasteiger partial charge in [-0.25, -0.2) is 0 Å². The number of methoxy groups -OCH3 is 1. The van der Waals surface area contributed by atoms with Crippen molar-refractivity contribution in [3.05, 3.63) is 166 Å². The fraction of sp³-hybridized carbons (Fsp3) is 0.423. The monoisotopic (exact) mass is 894 g/mol. The molecular weight excluding hydrogens is 832 g/mol. The third kappa shape index (κ3) is 11.6. The Balaban J connectivity index is 1.31. The van der Waals surface area contributed by atoms with Crippen LogP contribution in [0.5, 0.6) is 11.5 Å². The maximum absolute atomic E-state index is 7.42. The highest BCUT2D eigenvalue weighted by molar-refractivity contribution is 6.74. The summed E-state index contributed by atoms with van der Waals surface area (Å²) < 4.78 is 60.3. The minimum atomic E-state index is -2.28. The Morgan fingerprint density at radius 2 is 1.30 bits per heavy atom. The lowest BCUT2D eigenvalue weighted by atomic mass is 9.86. The normalized spacial score (nSPS) is 22.5. The van der Waals surface area contributed by atoms with Crippen molar-refractivity contribution in [2.75, 3.05) is 33.5 Å². The van der Waals surface area contributed by atoms with E-state index in [2.05, 4.69) is 64.2 Å². The van der Waals surface area contributed by atoms with Crippen LogP contribution in [-0.2, 0) is 64.9 Å². The number of rotatable bonds is 19. The van der Waals surface area contributed by atoms with Crippen LogP contribution < -0.4 is 9.47 Å². The van der Waals surface area contributed by atoms with Crippen LogP contribution in [0, 0.1) is 0 Å². The molecule has 1 fully saturated rings. The molecule has 0 radical (unpaired) electrons. The van der Waals surface area contributed by atoms with E-state index in [4.69, 9.17) is 53.9 Å². The SMILES string of the molecule is CCOCC1COc2ccc(Cc3cc([C@]4(OC)O[C@H](CO[Si](C)(C)C(C)(C)C)[C@@H](OCc5ccccc5)[C@H](OCc5ccccc5)[C@H]4OCc4ccccc4)ccc3Cl)cc2O1. The Bertz CT molecular complexity index is 2190. The fourth-order valence-corrected chi connectivity index (χ4v) is 8.94. The molecule has 2 heterocycles. The molecule has 2 aliphatic rings. The maximum Gasteiger partial charge on any atom is 0.225 e. The van der Waals surface area contributed by atoms with E-state index in [-0.39, 0.29) is 24.4 Å². The van der Waals surface area contributed by atoms with Crippen LogP contribution in [0.2, 0.25) is 23.2 Å². The van der Waals surface area contributed by atoms with E-state index in [9.17, 15) is 0 Å². The first-order valence-corrected chi connectivity index (χ1v) is 25.3. The Morgan fingerprint density at radius 3 is 1.89 bits per heavy atom. The highest BCUT2D eigenvalue weighted by Gasteiger charge is 2.59. The zero-order valence-electron chi connectivity index (χ0n) is 37.7. The molecule has 6 atom stereocenters. The van der Waals surface area contributed by atoms with Gasteiger partial charge in [0.2, 0.25) is 5.79 Å². The summed E-state index contributed by atoms with van der Waals surface area (Å²) in [6, 6.07) is 42.3. The van der Waals surface area contributed by atoms with Crippen molar-refractivity contribution in [2.45, 2.75) is 108 Å². The highest BCUT2D eigenvalue weighted by atomic mass is 35.5. The van der Waals surface area contributed by atoms with E-state index in [1.54, 1.807) is 7.11 Å². The summed E-state index contributed by atoms with van der Waals surface area (Å²) in [7, 11) is -0.620. The van der Waals surface area contributed by atoms with Crippen molar-refractivity contribution in [1.29, 1.82) is 0 Å². The van der Waals surface area contributed by atoms with Gasteiger partial charge in [0.1, 0.15) is 31.0 Å². The van der Waals surface area contributed by atoms with Crippen molar-refractivity contribution >= 4 is 19.9 Å². The topological polar surface area (TPSA) is 83.1 Å². The van der Waals surface area contributed by atoms with E-state index in [1.807, 2.05) is 104 Å². The smallest absolute Gasteiger partial charge is 0.225 e. The zero-order valence-corrected chi connectivity index (χ0v) is 39.5. The Kier molecular flexibility index (Phi) is 15.8. The molecule has 0 N–H and O–H groups in total. The molecular formula is C52H63ClO9Si. The summed E-state index contributed by atoms with van der Waals surface area (Å²) in [5, 5.41) is 0.555. The lowest BCUT2D eigenvalue weighted by Crippen LogP contribution is -2.66. The van der Waals surface area contributed by atoms with Crippen LogP contribution in [0.25, 0.3) is 0 Å². The summed E-state index contributed by atoms with van der Waals surface area (Å²) in [4.78, 5) is 0. The molecule has 0 aliphatic carbocycles. The molecule has 7 rings (SSSR count). The quantitative estimate of drug-likeness (QED) is 0.0753.